The van der Waals surface area contributed by atoms with Crippen molar-refractivity contribution in [2.45, 2.75) is 13.0 Å². The molecule has 2 N–H and O–H groups in total. The van der Waals surface area contributed by atoms with Crippen LogP contribution in [-0.2, 0) is 0 Å². The Morgan fingerprint density at radius 3 is 2.71 bits per heavy atom. The van der Waals surface area contributed by atoms with Gasteiger partial charge in [-0.15, -0.1) is 0 Å². The molecule has 0 spiro atoms. The first-order chi connectivity index (χ1) is 7.90. The molecule has 1 atom stereocenters. The number of nitrogens with zero attached hydrogens (tertiary/aromatic N) is 1. The fourth-order valence-electron chi connectivity index (χ4n) is 1.55. The van der Waals surface area contributed by atoms with Gasteiger partial charge >= 0.3 is 0 Å². The molecule has 17 heavy (non-hydrogen) atoms. The van der Waals surface area contributed by atoms with Crippen molar-refractivity contribution in [1.82, 2.24) is 10.2 Å². The lowest BCUT2D eigenvalue weighted by atomic mass is 10.2. The first kappa shape index (κ1) is 14.2. The van der Waals surface area contributed by atoms with E-state index in [2.05, 4.69) is 5.32 Å². The number of phenols is 1. The molecular weight excluding hydrogens is 331 g/mol. The van der Waals surface area contributed by atoms with Gasteiger partial charge in [-0.3, -0.25) is 4.79 Å². The van der Waals surface area contributed by atoms with Gasteiger partial charge in [0.1, 0.15) is 5.75 Å². The summed E-state index contributed by atoms with van der Waals surface area (Å²) in [5, 5.41) is 12.4. The maximum atomic E-state index is 11.9. The largest absolute Gasteiger partial charge is 0.507 e. The summed E-state index contributed by atoms with van der Waals surface area (Å²) < 4.78 is 0.737. The molecule has 0 aliphatic rings. The second-order valence-electron chi connectivity index (χ2n) is 4.30. The van der Waals surface area contributed by atoms with Crippen LogP contribution in [0.15, 0.2) is 18.2 Å². The molecular formula is C12H17IN2O2. The number of likely N-dealkylation sites (N-methyl/N-ethyl adjacent to an activating group) is 1. The van der Waals surface area contributed by atoms with Crippen LogP contribution in [0.4, 0.5) is 0 Å². The number of aromatic hydroxyl groups is 1. The lowest BCUT2D eigenvalue weighted by Gasteiger charge is -2.18. The second-order valence-corrected chi connectivity index (χ2v) is 5.47. The molecule has 1 amide bonds. The number of nitrogens with one attached hydrogen (secondary N) is 1. The van der Waals surface area contributed by atoms with Gasteiger partial charge in [-0.2, -0.15) is 0 Å². The first-order valence-corrected chi connectivity index (χ1v) is 6.42. The summed E-state index contributed by atoms with van der Waals surface area (Å²) in [5.74, 6) is -0.0236. The van der Waals surface area contributed by atoms with E-state index in [-0.39, 0.29) is 17.7 Å². The number of amides is 1. The third-order valence-electron chi connectivity index (χ3n) is 2.22. The third-order valence-corrected chi connectivity index (χ3v) is 3.14. The zero-order valence-corrected chi connectivity index (χ0v) is 12.4. The van der Waals surface area contributed by atoms with E-state index in [0.29, 0.717) is 5.56 Å². The zero-order valence-electron chi connectivity index (χ0n) is 10.2. The molecule has 1 rings (SSSR count). The Bertz CT molecular complexity index is 407. The van der Waals surface area contributed by atoms with Crippen molar-refractivity contribution in [2.75, 3.05) is 20.6 Å². The van der Waals surface area contributed by atoms with Crippen molar-refractivity contribution in [3.63, 3.8) is 0 Å². The molecule has 0 heterocycles. The van der Waals surface area contributed by atoms with E-state index >= 15 is 0 Å². The van der Waals surface area contributed by atoms with Crippen LogP contribution in [-0.4, -0.2) is 42.6 Å². The Kier molecular flexibility index (Phi) is 5.20. The Morgan fingerprint density at radius 1 is 1.53 bits per heavy atom. The number of benzene rings is 1. The van der Waals surface area contributed by atoms with Crippen LogP contribution in [0.25, 0.3) is 0 Å². The molecule has 0 aromatic heterocycles. The van der Waals surface area contributed by atoms with E-state index in [9.17, 15) is 9.90 Å². The lowest BCUT2D eigenvalue weighted by molar-refractivity contribution is 0.0934. The molecule has 1 aromatic rings. The molecule has 1 unspecified atom stereocenters. The van der Waals surface area contributed by atoms with Gasteiger partial charge in [0.05, 0.1) is 3.57 Å². The predicted octanol–water partition coefficient (Wildman–Crippen LogP) is 1.68. The van der Waals surface area contributed by atoms with Gasteiger partial charge in [-0.1, -0.05) is 0 Å². The maximum Gasteiger partial charge on any atom is 0.251 e. The van der Waals surface area contributed by atoms with Crippen molar-refractivity contribution in [3.05, 3.63) is 27.3 Å². The molecule has 0 saturated carbocycles. The van der Waals surface area contributed by atoms with Crippen LogP contribution >= 0.6 is 22.6 Å². The SMILES string of the molecule is CC(CN(C)C)NC(=O)c1ccc(I)c(O)c1. The molecule has 4 nitrogen and oxygen atoms in total. The highest BCUT2D eigenvalue weighted by Crippen LogP contribution is 2.20. The van der Waals surface area contributed by atoms with E-state index in [0.717, 1.165) is 10.1 Å². The molecule has 0 radical (unpaired) electrons. The molecule has 5 heteroatoms. The summed E-state index contributed by atoms with van der Waals surface area (Å²) in [5.41, 5.74) is 0.480. The fraction of sp³-hybridized carbons (Fsp3) is 0.417. The van der Waals surface area contributed by atoms with Gasteiger partial charge < -0.3 is 15.3 Å². The van der Waals surface area contributed by atoms with Crippen LogP contribution in [0.2, 0.25) is 0 Å². The quantitative estimate of drug-likeness (QED) is 0.814. The van der Waals surface area contributed by atoms with Crippen molar-refractivity contribution >= 4 is 28.5 Å². The van der Waals surface area contributed by atoms with E-state index in [1.54, 1.807) is 12.1 Å². The van der Waals surface area contributed by atoms with Crippen LogP contribution < -0.4 is 5.32 Å². The molecule has 0 aliphatic carbocycles. The summed E-state index contributed by atoms with van der Waals surface area (Å²) >= 11 is 2.02. The van der Waals surface area contributed by atoms with E-state index in [4.69, 9.17) is 0 Å². The smallest absolute Gasteiger partial charge is 0.251 e. The summed E-state index contributed by atoms with van der Waals surface area (Å²) in [7, 11) is 3.92. The number of carbonyl (C=O) groups is 1. The molecule has 1 aromatic carbocycles. The minimum atomic E-state index is -0.161. The van der Waals surface area contributed by atoms with Crippen LogP contribution in [0.1, 0.15) is 17.3 Å². The Balaban J connectivity index is 2.66. The number of rotatable bonds is 4. The van der Waals surface area contributed by atoms with Crippen molar-refractivity contribution in [2.24, 2.45) is 0 Å². The molecule has 94 valence electrons. The van der Waals surface area contributed by atoms with Gasteiger partial charge in [0.25, 0.3) is 5.91 Å². The first-order valence-electron chi connectivity index (χ1n) is 5.34. The minimum absolute atomic E-state index is 0.0684. The average Bonchev–Trinajstić information content (AvgIpc) is 2.20. The van der Waals surface area contributed by atoms with Gasteiger partial charge in [-0.05, 0) is 61.8 Å². The molecule has 0 aliphatic heterocycles. The maximum absolute atomic E-state index is 11.9. The molecule has 0 saturated heterocycles. The van der Waals surface area contributed by atoms with Crippen molar-refractivity contribution in [1.29, 1.82) is 0 Å². The number of halogens is 1. The molecule has 0 fully saturated rings. The van der Waals surface area contributed by atoms with E-state index < -0.39 is 0 Å². The fourth-order valence-corrected chi connectivity index (χ4v) is 1.89. The predicted molar refractivity (Wildman–Crippen MR) is 76.3 cm³/mol. The number of hydrogen-bond acceptors (Lipinski definition) is 3. The van der Waals surface area contributed by atoms with E-state index in [1.165, 1.54) is 6.07 Å². The average molecular weight is 348 g/mol. The summed E-state index contributed by atoms with van der Waals surface area (Å²) in [6, 6.07) is 4.99. The Hall–Kier alpha value is -0.820. The van der Waals surface area contributed by atoms with Gasteiger partial charge in [0.15, 0.2) is 0 Å². The van der Waals surface area contributed by atoms with Crippen molar-refractivity contribution in [3.8, 4) is 5.75 Å². The number of phenolic OH excluding ortho intramolecular Hbond substituents is 1. The monoisotopic (exact) mass is 348 g/mol. The highest BCUT2D eigenvalue weighted by Gasteiger charge is 2.11. The third kappa shape index (κ3) is 4.51. The topological polar surface area (TPSA) is 52.6 Å². The number of carbonyl (C=O) groups excluding carboxylic acids is 1. The second kappa shape index (κ2) is 6.20. The van der Waals surface area contributed by atoms with Gasteiger partial charge in [0.2, 0.25) is 0 Å². The highest BCUT2D eigenvalue weighted by atomic mass is 127. The minimum Gasteiger partial charge on any atom is -0.507 e. The van der Waals surface area contributed by atoms with Gasteiger partial charge in [0, 0.05) is 18.2 Å². The highest BCUT2D eigenvalue weighted by molar-refractivity contribution is 14.1. The Morgan fingerprint density at radius 2 is 2.18 bits per heavy atom. The Labute approximate surface area is 115 Å². The number of hydrogen-bond donors (Lipinski definition) is 2. The van der Waals surface area contributed by atoms with Crippen LogP contribution in [0.3, 0.4) is 0 Å². The van der Waals surface area contributed by atoms with Crippen molar-refractivity contribution < 1.29 is 9.90 Å². The van der Waals surface area contributed by atoms with Gasteiger partial charge in [-0.25, -0.2) is 0 Å². The van der Waals surface area contributed by atoms with Crippen LogP contribution in [0, 0.1) is 3.57 Å². The standard InChI is InChI=1S/C12H17IN2O2/c1-8(7-15(2)3)14-12(17)9-4-5-10(13)11(16)6-9/h4-6,8,16H,7H2,1-3H3,(H,14,17). The molecule has 0 bridgehead atoms. The van der Waals surface area contributed by atoms with E-state index in [1.807, 2.05) is 48.5 Å². The lowest BCUT2D eigenvalue weighted by Crippen LogP contribution is -2.39. The zero-order chi connectivity index (χ0) is 13.0. The summed E-state index contributed by atoms with van der Waals surface area (Å²) in [6.07, 6.45) is 0. The summed E-state index contributed by atoms with van der Waals surface area (Å²) in [4.78, 5) is 13.9. The van der Waals surface area contributed by atoms with Crippen LogP contribution in [0.5, 0.6) is 5.75 Å². The summed E-state index contributed by atoms with van der Waals surface area (Å²) in [6.45, 7) is 2.73. The normalized spacial score (nSPS) is 12.5.